The fourth-order valence-electron chi connectivity index (χ4n) is 4.65. The molecule has 2 heteroatoms. The highest BCUT2D eigenvalue weighted by Gasteiger charge is 2.22. The molecule has 2 nitrogen and oxygen atoms in total. The molecule has 0 spiro atoms. The second-order valence-electron chi connectivity index (χ2n) is 8.08. The van der Waals surface area contributed by atoms with E-state index in [0.29, 0.717) is 0 Å². The first kappa shape index (κ1) is 18.6. The number of nitrogens with zero attached hydrogens (tertiary/aromatic N) is 1. The quantitative estimate of drug-likeness (QED) is 0.365. The molecule has 1 saturated heterocycles. The van der Waals surface area contributed by atoms with Crippen molar-refractivity contribution >= 4 is 29.2 Å². The van der Waals surface area contributed by atoms with Crippen LogP contribution in [0, 0.1) is 0 Å². The summed E-state index contributed by atoms with van der Waals surface area (Å²) < 4.78 is 0. The van der Waals surface area contributed by atoms with E-state index in [9.17, 15) is 4.79 Å². The van der Waals surface area contributed by atoms with Crippen molar-refractivity contribution in [2.24, 2.45) is 0 Å². The van der Waals surface area contributed by atoms with Gasteiger partial charge < -0.3 is 4.90 Å². The monoisotopic (exact) mass is 391 g/mol. The van der Waals surface area contributed by atoms with Gasteiger partial charge in [0.2, 0.25) is 0 Å². The lowest BCUT2D eigenvalue weighted by Crippen LogP contribution is -2.31. The van der Waals surface area contributed by atoms with Crippen molar-refractivity contribution in [2.45, 2.75) is 19.8 Å². The van der Waals surface area contributed by atoms with Crippen LogP contribution >= 0.6 is 0 Å². The molecule has 1 aliphatic carbocycles. The maximum absolute atomic E-state index is 11.8. The van der Waals surface area contributed by atoms with Crippen molar-refractivity contribution in [3.8, 4) is 0 Å². The van der Waals surface area contributed by atoms with E-state index in [-0.39, 0.29) is 5.78 Å². The largest absolute Gasteiger partial charge is 0.371 e. The second kappa shape index (κ2) is 7.79. The Morgan fingerprint density at radius 3 is 1.97 bits per heavy atom. The number of anilines is 1. The molecular weight excluding hydrogens is 366 g/mol. The molecule has 0 aromatic heterocycles. The van der Waals surface area contributed by atoms with Gasteiger partial charge in [-0.1, -0.05) is 78.4 Å². The molecule has 2 aliphatic rings. The highest BCUT2D eigenvalue weighted by atomic mass is 16.1. The summed E-state index contributed by atoms with van der Waals surface area (Å²) in [6.07, 6.45) is 6.54. The van der Waals surface area contributed by atoms with Crippen LogP contribution in [-0.2, 0) is 0 Å². The Morgan fingerprint density at radius 1 is 0.767 bits per heavy atom. The molecule has 3 aromatic carbocycles. The number of carbonyl (C=O) groups is 1. The van der Waals surface area contributed by atoms with Gasteiger partial charge in [0.25, 0.3) is 0 Å². The maximum Gasteiger partial charge on any atom is 0.159 e. The highest BCUT2D eigenvalue weighted by molar-refractivity contribution is 5.96. The molecule has 5 rings (SSSR count). The van der Waals surface area contributed by atoms with Crippen LogP contribution in [0.1, 0.15) is 52.4 Å². The summed E-state index contributed by atoms with van der Waals surface area (Å²) in [5, 5.41) is 0. The molecule has 3 aromatic rings. The fraction of sp³-hybridized carbons (Fsp3) is 0.179. The van der Waals surface area contributed by atoms with E-state index in [1.165, 1.54) is 33.4 Å². The second-order valence-corrected chi connectivity index (χ2v) is 8.08. The number of piperidine rings is 1. The van der Waals surface area contributed by atoms with Crippen LogP contribution in [0.3, 0.4) is 0 Å². The number of benzene rings is 3. The van der Waals surface area contributed by atoms with Crippen molar-refractivity contribution in [2.75, 3.05) is 18.0 Å². The van der Waals surface area contributed by atoms with E-state index in [2.05, 4.69) is 71.6 Å². The van der Waals surface area contributed by atoms with Crippen molar-refractivity contribution in [3.05, 3.63) is 106 Å². The lowest BCUT2D eigenvalue weighted by atomic mass is 9.86. The average Bonchev–Trinajstić information content (AvgIpc) is 2.96. The lowest BCUT2D eigenvalue weighted by molar-refractivity contribution is 0.101. The first-order valence-corrected chi connectivity index (χ1v) is 10.7. The summed E-state index contributed by atoms with van der Waals surface area (Å²) in [5.74, 6) is 0.121. The molecule has 0 unspecified atom stereocenters. The molecule has 1 aliphatic heterocycles. The standard InChI is InChI=1S/C28H25NO/c1-20(30)24-9-6-10-25(19-24)29-17-15-23(16-18-29)28-26-11-4-2-7-21(26)13-14-22-8-3-5-12-27(22)28/h2-14,19H,15-18H2,1H3. The van der Waals surface area contributed by atoms with E-state index in [0.717, 1.165) is 37.2 Å². The Kier molecular flexibility index (Phi) is 4.84. The minimum Gasteiger partial charge on any atom is -0.371 e. The molecule has 30 heavy (non-hydrogen) atoms. The van der Waals surface area contributed by atoms with E-state index in [4.69, 9.17) is 0 Å². The van der Waals surface area contributed by atoms with Crippen molar-refractivity contribution in [3.63, 3.8) is 0 Å². The molecule has 148 valence electrons. The van der Waals surface area contributed by atoms with Crippen LogP contribution < -0.4 is 4.90 Å². The van der Waals surface area contributed by atoms with Crippen LogP contribution in [-0.4, -0.2) is 18.9 Å². The van der Waals surface area contributed by atoms with Crippen LogP contribution in [0.15, 0.2) is 78.4 Å². The molecule has 0 N–H and O–H groups in total. The third kappa shape index (κ3) is 3.39. The maximum atomic E-state index is 11.8. The van der Waals surface area contributed by atoms with Crippen LogP contribution in [0.5, 0.6) is 0 Å². The van der Waals surface area contributed by atoms with Gasteiger partial charge in [0, 0.05) is 24.3 Å². The average molecular weight is 392 g/mol. The molecule has 0 bridgehead atoms. The van der Waals surface area contributed by atoms with Crippen molar-refractivity contribution in [1.29, 1.82) is 0 Å². The summed E-state index contributed by atoms with van der Waals surface area (Å²) in [5.41, 5.74) is 10.1. The highest BCUT2D eigenvalue weighted by Crippen LogP contribution is 2.39. The Balaban J connectivity index is 1.52. The zero-order valence-corrected chi connectivity index (χ0v) is 17.3. The summed E-state index contributed by atoms with van der Waals surface area (Å²) in [6.45, 7) is 3.57. The Bertz CT molecular complexity index is 1120. The predicted molar refractivity (Wildman–Crippen MR) is 126 cm³/mol. The molecule has 1 fully saturated rings. The van der Waals surface area contributed by atoms with Crippen LogP contribution in [0.2, 0.25) is 0 Å². The van der Waals surface area contributed by atoms with Gasteiger partial charge in [-0.15, -0.1) is 0 Å². The SMILES string of the molecule is CC(=O)c1cccc(N2CCC(=C3c4ccccc4C=Cc4ccccc43)CC2)c1. The van der Waals surface area contributed by atoms with E-state index in [1.807, 2.05) is 18.2 Å². The summed E-state index contributed by atoms with van der Waals surface area (Å²) >= 11 is 0. The first-order valence-electron chi connectivity index (χ1n) is 10.7. The van der Waals surface area contributed by atoms with Gasteiger partial charge in [-0.2, -0.15) is 0 Å². The summed E-state index contributed by atoms with van der Waals surface area (Å²) in [6, 6.07) is 25.5. The predicted octanol–water partition coefficient (Wildman–Crippen LogP) is 6.48. The third-order valence-electron chi connectivity index (χ3n) is 6.24. The molecule has 0 amide bonds. The Hall–Kier alpha value is -3.39. The number of Topliss-reactive ketones (excluding diaryl/α,β-unsaturated/α-hetero) is 1. The van der Waals surface area contributed by atoms with Gasteiger partial charge in [-0.05, 0) is 59.7 Å². The van der Waals surface area contributed by atoms with Gasteiger partial charge in [0.05, 0.1) is 0 Å². The Labute approximate surface area is 178 Å². The number of hydrogen-bond acceptors (Lipinski definition) is 2. The zero-order valence-electron chi connectivity index (χ0n) is 17.3. The number of rotatable bonds is 2. The smallest absolute Gasteiger partial charge is 0.159 e. The number of carbonyl (C=O) groups excluding carboxylic acids is 1. The van der Waals surface area contributed by atoms with Gasteiger partial charge in [0.15, 0.2) is 5.78 Å². The van der Waals surface area contributed by atoms with E-state index >= 15 is 0 Å². The number of hydrogen-bond donors (Lipinski definition) is 0. The minimum absolute atomic E-state index is 0.121. The van der Waals surface area contributed by atoms with Gasteiger partial charge in [0.1, 0.15) is 0 Å². The molecule has 0 saturated carbocycles. The lowest BCUT2D eigenvalue weighted by Gasteiger charge is -2.32. The van der Waals surface area contributed by atoms with Crippen LogP contribution in [0.25, 0.3) is 17.7 Å². The number of fused-ring (bicyclic) bond motifs is 2. The molecule has 0 radical (unpaired) electrons. The normalized spacial score (nSPS) is 15.4. The molecular formula is C28H25NO. The van der Waals surface area contributed by atoms with Crippen molar-refractivity contribution < 1.29 is 4.79 Å². The fourth-order valence-corrected chi connectivity index (χ4v) is 4.65. The summed E-state index contributed by atoms with van der Waals surface area (Å²) in [7, 11) is 0. The third-order valence-corrected chi connectivity index (χ3v) is 6.24. The van der Waals surface area contributed by atoms with Gasteiger partial charge in [-0.3, -0.25) is 4.79 Å². The topological polar surface area (TPSA) is 20.3 Å². The first-order chi connectivity index (χ1) is 14.7. The van der Waals surface area contributed by atoms with E-state index in [1.54, 1.807) is 6.92 Å². The minimum atomic E-state index is 0.121. The van der Waals surface area contributed by atoms with Crippen LogP contribution in [0.4, 0.5) is 5.69 Å². The van der Waals surface area contributed by atoms with Gasteiger partial charge in [-0.25, -0.2) is 0 Å². The molecule has 0 atom stereocenters. The Morgan fingerprint density at radius 2 is 1.37 bits per heavy atom. The molecule has 1 heterocycles. The van der Waals surface area contributed by atoms with Crippen molar-refractivity contribution in [1.82, 2.24) is 0 Å². The van der Waals surface area contributed by atoms with E-state index < -0.39 is 0 Å². The number of ketones is 1. The summed E-state index contributed by atoms with van der Waals surface area (Å²) in [4.78, 5) is 14.2. The van der Waals surface area contributed by atoms with Gasteiger partial charge >= 0.3 is 0 Å². The zero-order chi connectivity index (χ0) is 20.5.